The summed E-state index contributed by atoms with van der Waals surface area (Å²) in [6.07, 6.45) is 1.48. The second-order valence-corrected chi connectivity index (χ2v) is 3.99. The summed E-state index contributed by atoms with van der Waals surface area (Å²) in [6, 6.07) is 0. The van der Waals surface area contributed by atoms with Crippen LogP contribution in [-0.4, -0.2) is 25.8 Å². The van der Waals surface area contributed by atoms with E-state index in [-0.39, 0.29) is 5.56 Å². The Labute approximate surface area is 90.0 Å². The van der Waals surface area contributed by atoms with Crippen molar-refractivity contribution < 1.29 is 9.90 Å². The molecule has 0 amide bonds. The molecule has 15 heavy (non-hydrogen) atoms. The SMILES string of the molecule is Cc1csc(-n2cc(C(=O)O)c(C)n2)n1. The van der Waals surface area contributed by atoms with Crippen molar-refractivity contribution >= 4 is 17.3 Å². The van der Waals surface area contributed by atoms with Gasteiger partial charge in [-0.25, -0.2) is 14.5 Å². The molecule has 0 atom stereocenters. The molecule has 78 valence electrons. The molecule has 2 aromatic heterocycles. The number of aryl methyl sites for hydroxylation is 2. The first-order valence-electron chi connectivity index (χ1n) is 4.30. The first kappa shape index (κ1) is 9.85. The smallest absolute Gasteiger partial charge is 0.339 e. The second-order valence-electron chi connectivity index (χ2n) is 3.15. The maximum Gasteiger partial charge on any atom is 0.339 e. The lowest BCUT2D eigenvalue weighted by molar-refractivity contribution is 0.0696. The summed E-state index contributed by atoms with van der Waals surface area (Å²) in [5.41, 5.74) is 1.61. The van der Waals surface area contributed by atoms with Crippen LogP contribution in [0.2, 0.25) is 0 Å². The Kier molecular flexibility index (Phi) is 2.28. The minimum Gasteiger partial charge on any atom is -0.478 e. The Morgan fingerprint density at radius 1 is 1.53 bits per heavy atom. The Morgan fingerprint density at radius 2 is 2.27 bits per heavy atom. The third kappa shape index (κ3) is 1.75. The monoisotopic (exact) mass is 223 g/mol. The molecule has 1 N–H and O–H groups in total. The van der Waals surface area contributed by atoms with Crippen molar-refractivity contribution in [2.45, 2.75) is 13.8 Å². The van der Waals surface area contributed by atoms with Crippen LogP contribution in [0.5, 0.6) is 0 Å². The predicted molar refractivity (Wildman–Crippen MR) is 55.7 cm³/mol. The van der Waals surface area contributed by atoms with Gasteiger partial charge in [-0.3, -0.25) is 0 Å². The zero-order valence-electron chi connectivity index (χ0n) is 8.26. The molecule has 0 fully saturated rings. The van der Waals surface area contributed by atoms with Crippen molar-refractivity contribution in [3.05, 3.63) is 28.5 Å². The Morgan fingerprint density at radius 3 is 2.73 bits per heavy atom. The first-order chi connectivity index (χ1) is 7.08. The molecule has 0 aromatic carbocycles. The normalized spacial score (nSPS) is 10.5. The van der Waals surface area contributed by atoms with Gasteiger partial charge in [0.25, 0.3) is 0 Å². The predicted octanol–water partition coefficient (Wildman–Crippen LogP) is 1.64. The average molecular weight is 223 g/mol. The molecule has 0 aliphatic heterocycles. The van der Waals surface area contributed by atoms with Gasteiger partial charge in [0, 0.05) is 11.6 Å². The van der Waals surface area contributed by atoms with Crippen molar-refractivity contribution in [1.29, 1.82) is 0 Å². The highest BCUT2D eigenvalue weighted by Gasteiger charge is 2.13. The van der Waals surface area contributed by atoms with E-state index in [0.717, 1.165) is 5.69 Å². The number of thiazole rings is 1. The minimum atomic E-state index is -0.966. The molecule has 0 aliphatic carbocycles. The molecule has 0 saturated heterocycles. The van der Waals surface area contributed by atoms with Crippen LogP contribution >= 0.6 is 11.3 Å². The second kappa shape index (κ2) is 3.47. The quantitative estimate of drug-likeness (QED) is 0.840. The summed E-state index contributed by atoms with van der Waals surface area (Å²) in [5.74, 6) is -0.966. The molecular formula is C9H9N3O2S. The number of carboxylic acids is 1. The van der Waals surface area contributed by atoms with E-state index < -0.39 is 5.97 Å². The summed E-state index contributed by atoms with van der Waals surface area (Å²) in [6.45, 7) is 3.55. The number of carbonyl (C=O) groups is 1. The fourth-order valence-electron chi connectivity index (χ4n) is 1.21. The Balaban J connectivity index is 2.46. The van der Waals surface area contributed by atoms with Gasteiger partial charge in [-0.1, -0.05) is 0 Å². The van der Waals surface area contributed by atoms with Crippen LogP contribution in [0.3, 0.4) is 0 Å². The van der Waals surface area contributed by atoms with Gasteiger partial charge in [0.2, 0.25) is 5.13 Å². The van der Waals surface area contributed by atoms with E-state index in [2.05, 4.69) is 10.1 Å². The maximum atomic E-state index is 10.8. The van der Waals surface area contributed by atoms with Crippen LogP contribution in [0.4, 0.5) is 0 Å². The van der Waals surface area contributed by atoms with Gasteiger partial charge in [-0.05, 0) is 13.8 Å². The lowest BCUT2D eigenvalue weighted by atomic mass is 10.3. The molecule has 2 aromatic rings. The third-order valence-electron chi connectivity index (χ3n) is 1.93. The van der Waals surface area contributed by atoms with Gasteiger partial charge in [0.15, 0.2) is 0 Å². The number of rotatable bonds is 2. The van der Waals surface area contributed by atoms with Gasteiger partial charge in [-0.15, -0.1) is 11.3 Å². The molecular weight excluding hydrogens is 214 g/mol. The van der Waals surface area contributed by atoms with Crippen molar-refractivity contribution in [3.63, 3.8) is 0 Å². The number of aromatic carboxylic acids is 1. The standard InChI is InChI=1S/C9H9N3O2S/c1-5-4-15-9(10-5)12-3-7(8(13)14)6(2)11-12/h3-4H,1-2H3,(H,13,14). The van der Waals surface area contributed by atoms with Gasteiger partial charge >= 0.3 is 5.97 Å². The molecule has 2 heterocycles. The fourth-order valence-corrected chi connectivity index (χ4v) is 1.94. The number of hydrogen-bond donors (Lipinski definition) is 1. The Bertz CT molecular complexity index is 515. The third-order valence-corrected chi connectivity index (χ3v) is 2.88. The number of aromatic nitrogens is 3. The van der Waals surface area contributed by atoms with Gasteiger partial charge in [0.1, 0.15) is 5.56 Å². The largest absolute Gasteiger partial charge is 0.478 e. The van der Waals surface area contributed by atoms with E-state index in [4.69, 9.17) is 5.11 Å². The lowest BCUT2D eigenvalue weighted by Gasteiger charge is -1.91. The van der Waals surface area contributed by atoms with Crippen molar-refractivity contribution in [2.24, 2.45) is 0 Å². The van der Waals surface area contributed by atoms with Crippen LogP contribution in [0.15, 0.2) is 11.6 Å². The van der Waals surface area contributed by atoms with E-state index in [1.54, 1.807) is 6.92 Å². The van der Waals surface area contributed by atoms with Crippen LogP contribution in [0.25, 0.3) is 5.13 Å². The molecule has 0 radical (unpaired) electrons. The maximum absolute atomic E-state index is 10.8. The van der Waals surface area contributed by atoms with Crippen molar-refractivity contribution in [1.82, 2.24) is 14.8 Å². The topological polar surface area (TPSA) is 68.0 Å². The van der Waals surface area contributed by atoms with Crippen LogP contribution in [-0.2, 0) is 0 Å². The number of carboxylic acid groups (broad SMARTS) is 1. The van der Waals surface area contributed by atoms with E-state index in [1.165, 1.54) is 22.2 Å². The minimum absolute atomic E-state index is 0.211. The average Bonchev–Trinajstić information content (AvgIpc) is 2.71. The molecule has 0 unspecified atom stereocenters. The highest BCUT2D eigenvalue weighted by atomic mass is 32.1. The number of hydrogen-bond acceptors (Lipinski definition) is 4. The summed E-state index contributed by atoms with van der Waals surface area (Å²) in [7, 11) is 0. The highest BCUT2D eigenvalue weighted by molar-refractivity contribution is 7.12. The van der Waals surface area contributed by atoms with E-state index in [1.807, 2.05) is 12.3 Å². The van der Waals surface area contributed by atoms with E-state index in [9.17, 15) is 4.79 Å². The van der Waals surface area contributed by atoms with Crippen LogP contribution in [0, 0.1) is 13.8 Å². The molecule has 0 bridgehead atoms. The highest BCUT2D eigenvalue weighted by Crippen LogP contribution is 2.15. The summed E-state index contributed by atoms with van der Waals surface area (Å²) in [5, 5.41) is 15.5. The van der Waals surface area contributed by atoms with Crippen LogP contribution in [0.1, 0.15) is 21.7 Å². The zero-order chi connectivity index (χ0) is 11.0. The molecule has 0 spiro atoms. The van der Waals surface area contributed by atoms with Crippen LogP contribution < -0.4 is 0 Å². The van der Waals surface area contributed by atoms with Gasteiger partial charge < -0.3 is 5.11 Å². The fraction of sp³-hybridized carbons (Fsp3) is 0.222. The van der Waals surface area contributed by atoms with E-state index in [0.29, 0.717) is 10.8 Å². The first-order valence-corrected chi connectivity index (χ1v) is 5.18. The summed E-state index contributed by atoms with van der Waals surface area (Å²) < 4.78 is 1.50. The zero-order valence-corrected chi connectivity index (χ0v) is 9.08. The lowest BCUT2D eigenvalue weighted by Crippen LogP contribution is -1.95. The molecule has 6 heteroatoms. The van der Waals surface area contributed by atoms with Crippen molar-refractivity contribution in [2.75, 3.05) is 0 Å². The van der Waals surface area contributed by atoms with Gasteiger partial charge in [0.05, 0.1) is 11.4 Å². The summed E-state index contributed by atoms with van der Waals surface area (Å²) in [4.78, 5) is 15.0. The molecule has 5 nitrogen and oxygen atoms in total. The molecule has 0 aliphatic rings. The van der Waals surface area contributed by atoms with Crippen molar-refractivity contribution in [3.8, 4) is 5.13 Å². The molecule has 0 saturated carbocycles. The van der Waals surface area contributed by atoms with E-state index >= 15 is 0 Å². The number of nitrogens with zero attached hydrogens (tertiary/aromatic N) is 3. The summed E-state index contributed by atoms with van der Waals surface area (Å²) >= 11 is 1.43. The molecule has 2 rings (SSSR count). The van der Waals surface area contributed by atoms with Gasteiger partial charge in [-0.2, -0.15) is 5.10 Å². The Hall–Kier alpha value is -1.69.